The zero-order valence-electron chi connectivity index (χ0n) is 10.1. The Morgan fingerprint density at radius 2 is 1.50 bits per heavy atom. The lowest BCUT2D eigenvalue weighted by molar-refractivity contribution is -0.240. The van der Waals surface area contributed by atoms with Crippen LogP contribution in [0, 0.1) is 40.9 Å². The van der Waals surface area contributed by atoms with Crippen LogP contribution in [0.15, 0.2) is 0 Å². The molecule has 0 spiro atoms. The van der Waals surface area contributed by atoms with Gasteiger partial charge in [0.15, 0.2) is 0 Å². The molecule has 7 aliphatic carbocycles. The predicted octanol–water partition coefficient (Wildman–Crippen LogP) is 4.23. The smallest absolute Gasteiger partial charge is 0.0266 e. The van der Waals surface area contributed by atoms with Gasteiger partial charge in [-0.05, 0) is 79.4 Å². The summed E-state index contributed by atoms with van der Waals surface area (Å²) in [5, 5.41) is 0. The zero-order chi connectivity index (χ0) is 10.7. The number of halogens is 1. The molecule has 0 heterocycles. The van der Waals surface area contributed by atoms with E-state index in [9.17, 15) is 0 Å². The third-order valence-electron chi connectivity index (χ3n) is 7.54. The molecule has 0 saturated heterocycles. The lowest BCUT2D eigenvalue weighted by atomic mass is 9.31. The van der Waals surface area contributed by atoms with Crippen LogP contribution in [0.5, 0.6) is 0 Å². The maximum absolute atomic E-state index is 4.13. The highest BCUT2D eigenvalue weighted by Crippen LogP contribution is 2.77. The van der Waals surface area contributed by atoms with Crippen LogP contribution in [-0.2, 0) is 0 Å². The lowest BCUT2D eigenvalue weighted by Gasteiger charge is -2.75. The van der Waals surface area contributed by atoms with Gasteiger partial charge in [-0.2, -0.15) is 0 Å². The van der Waals surface area contributed by atoms with Crippen LogP contribution in [0.4, 0.5) is 0 Å². The first kappa shape index (κ1) is 9.42. The number of rotatable bonds is 0. The van der Waals surface area contributed by atoms with Gasteiger partial charge in [-0.1, -0.05) is 22.9 Å². The van der Waals surface area contributed by atoms with E-state index >= 15 is 0 Å². The first-order valence-electron chi connectivity index (χ1n) is 7.28. The summed E-state index contributed by atoms with van der Waals surface area (Å²) in [6.07, 6.45) is 9.36. The maximum atomic E-state index is 4.13. The standard InChI is InChI=1S/C15H21Br/c1-14-4-8-2-9-11-5-15(16,6-12(9)14)7-13(14)10(11)3-8/h8-13H,2-7H2,1H3. The van der Waals surface area contributed by atoms with E-state index in [1.54, 1.807) is 19.3 Å². The lowest BCUT2D eigenvalue weighted by Crippen LogP contribution is -2.69. The fourth-order valence-corrected chi connectivity index (χ4v) is 8.41. The average molecular weight is 281 g/mol. The van der Waals surface area contributed by atoms with Crippen molar-refractivity contribution in [2.45, 2.75) is 49.8 Å². The molecule has 1 heteroatoms. The zero-order valence-corrected chi connectivity index (χ0v) is 11.7. The fourth-order valence-electron chi connectivity index (χ4n) is 7.34. The van der Waals surface area contributed by atoms with E-state index in [2.05, 4.69) is 22.9 Å². The first-order valence-corrected chi connectivity index (χ1v) is 8.07. The molecule has 8 bridgehead atoms. The fraction of sp³-hybridized carbons (Fsp3) is 1.00. The molecule has 88 valence electrons. The Bertz CT molecular complexity index is 350. The Kier molecular flexibility index (Phi) is 1.44. The first-order chi connectivity index (χ1) is 7.59. The molecule has 7 fully saturated rings. The van der Waals surface area contributed by atoms with Crippen LogP contribution in [-0.4, -0.2) is 4.32 Å². The van der Waals surface area contributed by atoms with Crippen LogP contribution in [0.25, 0.3) is 0 Å². The summed E-state index contributed by atoms with van der Waals surface area (Å²) in [5.41, 5.74) is 0.769. The molecule has 4 unspecified atom stereocenters. The van der Waals surface area contributed by atoms with Gasteiger partial charge in [0.2, 0.25) is 0 Å². The molecule has 0 nitrogen and oxygen atoms in total. The van der Waals surface area contributed by atoms with Gasteiger partial charge in [-0.15, -0.1) is 0 Å². The molecule has 7 aliphatic rings. The molecular formula is C15H21Br. The SMILES string of the molecule is CC12CC3CC4C5CC(Br)(CC41)CC2C5C3. The van der Waals surface area contributed by atoms with Gasteiger partial charge in [0.1, 0.15) is 0 Å². The Morgan fingerprint density at radius 3 is 2.12 bits per heavy atom. The highest BCUT2D eigenvalue weighted by atomic mass is 79.9. The van der Waals surface area contributed by atoms with E-state index in [0.29, 0.717) is 4.32 Å². The Hall–Kier alpha value is 0.480. The highest BCUT2D eigenvalue weighted by molar-refractivity contribution is 9.10. The van der Waals surface area contributed by atoms with E-state index in [1.165, 1.54) is 19.3 Å². The summed E-state index contributed by atoms with van der Waals surface area (Å²) in [7, 11) is 0. The number of alkyl halides is 1. The Morgan fingerprint density at radius 1 is 0.875 bits per heavy atom. The summed E-state index contributed by atoms with van der Waals surface area (Å²) in [6.45, 7) is 2.67. The topological polar surface area (TPSA) is 0 Å². The largest absolute Gasteiger partial charge is 0.0853 e. The van der Waals surface area contributed by atoms with Crippen LogP contribution >= 0.6 is 15.9 Å². The summed E-state index contributed by atoms with van der Waals surface area (Å²) in [4.78, 5) is 0. The van der Waals surface area contributed by atoms with Crippen molar-refractivity contribution in [2.24, 2.45) is 40.9 Å². The number of hydrogen-bond donors (Lipinski definition) is 0. The molecule has 0 radical (unpaired) electrons. The summed E-state index contributed by atoms with van der Waals surface area (Å²) >= 11 is 4.13. The van der Waals surface area contributed by atoms with Gasteiger partial charge in [0, 0.05) is 4.32 Å². The minimum absolute atomic E-state index is 0.587. The molecule has 0 aromatic carbocycles. The molecule has 0 aromatic heterocycles. The van der Waals surface area contributed by atoms with E-state index in [0.717, 1.165) is 40.9 Å². The van der Waals surface area contributed by atoms with Gasteiger partial charge < -0.3 is 0 Å². The molecule has 0 N–H and O–H groups in total. The van der Waals surface area contributed by atoms with Gasteiger partial charge in [-0.25, -0.2) is 0 Å². The molecule has 4 atom stereocenters. The molecule has 16 heavy (non-hydrogen) atoms. The van der Waals surface area contributed by atoms with Crippen molar-refractivity contribution in [1.29, 1.82) is 0 Å². The van der Waals surface area contributed by atoms with Gasteiger partial charge in [0.25, 0.3) is 0 Å². The van der Waals surface area contributed by atoms with Gasteiger partial charge in [-0.3, -0.25) is 0 Å². The number of hydrogen-bond acceptors (Lipinski definition) is 0. The van der Waals surface area contributed by atoms with Crippen molar-refractivity contribution in [3.05, 3.63) is 0 Å². The second-order valence-corrected chi connectivity index (χ2v) is 9.70. The van der Waals surface area contributed by atoms with Crippen molar-refractivity contribution < 1.29 is 0 Å². The summed E-state index contributed by atoms with van der Waals surface area (Å²) < 4.78 is 0.587. The molecule has 7 saturated carbocycles. The Labute approximate surface area is 107 Å². The van der Waals surface area contributed by atoms with E-state index < -0.39 is 0 Å². The predicted molar refractivity (Wildman–Crippen MR) is 68.4 cm³/mol. The molecule has 0 amide bonds. The third-order valence-corrected chi connectivity index (χ3v) is 8.51. The third kappa shape index (κ3) is 0.825. The highest BCUT2D eigenvalue weighted by Gasteiger charge is 2.70. The van der Waals surface area contributed by atoms with Crippen LogP contribution < -0.4 is 0 Å². The van der Waals surface area contributed by atoms with Crippen LogP contribution in [0.2, 0.25) is 0 Å². The monoisotopic (exact) mass is 280 g/mol. The molecule has 0 aliphatic heterocycles. The minimum Gasteiger partial charge on any atom is -0.0853 e. The van der Waals surface area contributed by atoms with Crippen molar-refractivity contribution in [2.75, 3.05) is 0 Å². The summed E-state index contributed by atoms with van der Waals surface area (Å²) in [5.74, 6) is 6.73. The van der Waals surface area contributed by atoms with Crippen molar-refractivity contribution in [3.63, 3.8) is 0 Å². The second-order valence-electron chi connectivity index (χ2n) is 8.02. The van der Waals surface area contributed by atoms with Crippen molar-refractivity contribution in [3.8, 4) is 0 Å². The maximum Gasteiger partial charge on any atom is 0.0266 e. The van der Waals surface area contributed by atoms with Crippen LogP contribution in [0.3, 0.4) is 0 Å². The van der Waals surface area contributed by atoms with Gasteiger partial charge in [0.05, 0.1) is 0 Å². The van der Waals surface area contributed by atoms with E-state index in [4.69, 9.17) is 0 Å². The Balaban J connectivity index is 1.73. The molecule has 0 aromatic rings. The van der Waals surface area contributed by atoms with E-state index in [-0.39, 0.29) is 0 Å². The second kappa shape index (κ2) is 2.44. The quantitative estimate of drug-likeness (QED) is 0.583. The van der Waals surface area contributed by atoms with E-state index in [1.807, 2.05) is 0 Å². The summed E-state index contributed by atoms with van der Waals surface area (Å²) in [6, 6.07) is 0. The normalized spacial score (nSPS) is 73.9. The van der Waals surface area contributed by atoms with Crippen molar-refractivity contribution >= 4 is 15.9 Å². The van der Waals surface area contributed by atoms with Crippen molar-refractivity contribution in [1.82, 2.24) is 0 Å². The molecular weight excluding hydrogens is 260 g/mol. The van der Waals surface area contributed by atoms with Gasteiger partial charge >= 0.3 is 0 Å². The van der Waals surface area contributed by atoms with Crippen LogP contribution in [0.1, 0.15) is 45.4 Å². The minimum atomic E-state index is 0.587. The molecule has 7 rings (SSSR count). The average Bonchev–Trinajstić information content (AvgIpc) is 2.24.